The monoisotopic (exact) mass is 259 g/mol. The van der Waals surface area contributed by atoms with Gasteiger partial charge in [0.1, 0.15) is 24.0 Å². The number of aromatic nitrogens is 1. The summed E-state index contributed by atoms with van der Waals surface area (Å²) in [7, 11) is 0. The highest BCUT2D eigenvalue weighted by molar-refractivity contribution is 5.80. The van der Waals surface area contributed by atoms with E-state index in [9.17, 15) is 8.78 Å². The first-order valence-corrected chi connectivity index (χ1v) is 5.86. The van der Waals surface area contributed by atoms with Crippen LogP contribution in [0.1, 0.15) is 5.69 Å². The third kappa shape index (κ3) is 2.57. The smallest absolute Gasteiger partial charge is 0.128 e. The van der Waals surface area contributed by atoms with E-state index in [0.29, 0.717) is 5.75 Å². The number of halogens is 2. The molecule has 0 amide bonds. The van der Waals surface area contributed by atoms with Crippen LogP contribution in [-0.4, -0.2) is 4.98 Å². The zero-order valence-corrected chi connectivity index (χ0v) is 9.99. The highest BCUT2D eigenvalue weighted by Crippen LogP contribution is 2.19. The molecule has 19 heavy (non-hydrogen) atoms. The molecule has 0 aliphatic rings. The van der Waals surface area contributed by atoms with Crippen LogP contribution in [0.5, 0.6) is 5.75 Å². The predicted molar refractivity (Wildman–Crippen MR) is 69.0 cm³/mol. The van der Waals surface area contributed by atoms with Gasteiger partial charge in [-0.3, -0.25) is 0 Å². The molecule has 0 aliphatic carbocycles. The molecule has 1 heterocycles. The predicted octanol–water partition coefficient (Wildman–Crippen LogP) is 4.03. The molecule has 96 valence electrons. The Labute approximate surface area is 108 Å². The number of hydrogen-bond acceptors (Lipinski definition) is 1. The summed E-state index contributed by atoms with van der Waals surface area (Å²) in [5, 5.41) is 0.790. The fourth-order valence-corrected chi connectivity index (χ4v) is 1.96. The van der Waals surface area contributed by atoms with Gasteiger partial charge < -0.3 is 9.72 Å². The van der Waals surface area contributed by atoms with Gasteiger partial charge in [0.2, 0.25) is 0 Å². The minimum atomic E-state index is -0.337. The average molecular weight is 259 g/mol. The molecule has 2 nitrogen and oxygen atoms in total. The minimum Gasteiger partial charge on any atom is -0.487 e. The van der Waals surface area contributed by atoms with E-state index in [4.69, 9.17) is 4.74 Å². The number of hydrogen-bond donors (Lipinski definition) is 1. The number of fused-ring (bicyclic) bond motifs is 1. The van der Waals surface area contributed by atoms with Gasteiger partial charge in [-0.1, -0.05) is 6.07 Å². The van der Waals surface area contributed by atoms with Gasteiger partial charge in [0, 0.05) is 17.0 Å². The highest BCUT2D eigenvalue weighted by atomic mass is 19.1. The van der Waals surface area contributed by atoms with Gasteiger partial charge in [-0.15, -0.1) is 0 Å². The second-order valence-electron chi connectivity index (χ2n) is 4.27. The first-order valence-electron chi connectivity index (χ1n) is 5.86. The maximum absolute atomic E-state index is 13.1. The molecule has 0 spiro atoms. The van der Waals surface area contributed by atoms with E-state index in [1.165, 1.54) is 24.3 Å². The van der Waals surface area contributed by atoms with Crippen molar-refractivity contribution in [3.8, 4) is 5.75 Å². The lowest BCUT2D eigenvalue weighted by molar-refractivity contribution is 0.301. The Bertz CT molecular complexity index is 721. The standard InChI is InChI=1S/C15H11F2NO/c16-11-2-1-3-14(8-11)19-9-13-7-10-6-12(17)4-5-15(10)18-13/h1-8,18H,9H2. The first-order chi connectivity index (χ1) is 9.20. The van der Waals surface area contributed by atoms with Crippen molar-refractivity contribution in [2.75, 3.05) is 0 Å². The zero-order valence-electron chi connectivity index (χ0n) is 9.99. The third-order valence-corrected chi connectivity index (χ3v) is 2.83. The molecular weight excluding hydrogens is 248 g/mol. The third-order valence-electron chi connectivity index (χ3n) is 2.83. The summed E-state index contributed by atoms with van der Waals surface area (Å²) in [6, 6.07) is 12.3. The van der Waals surface area contributed by atoms with Crippen molar-refractivity contribution in [2.24, 2.45) is 0 Å². The topological polar surface area (TPSA) is 25.0 Å². The Morgan fingerprint density at radius 3 is 2.63 bits per heavy atom. The lowest BCUT2D eigenvalue weighted by atomic mass is 10.2. The van der Waals surface area contributed by atoms with Crippen LogP contribution in [-0.2, 0) is 6.61 Å². The van der Waals surface area contributed by atoms with Gasteiger partial charge in [0.25, 0.3) is 0 Å². The summed E-state index contributed by atoms with van der Waals surface area (Å²) < 4.78 is 31.5. The Morgan fingerprint density at radius 2 is 1.79 bits per heavy atom. The van der Waals surface area contributed by atoms with Crippen molar-refractivity contribution in [1.29, 1.82) is 0 Å². The maximum atomic E-state index is 13.1. The number of ether oxygens (including phenoxy) is 1. The molecule has 0 saturated heterocycles. The van der Waals surface area contributed by atoms with Crippen LogP contribution in [0.3, 0.4) is 0 Å². The molecule has 2 aromatic carbocycles. The molecule has 0 fully saturated rings. The summed E-state index contributed by atoms with van der Waals surface area (Å²) in [6.07, 6.45) is 0. The van der Waals surface area contributed by atoms with E-state index in [2.05, 4.69) is 4.98 Å². The van der Waals surface area contributed by atoms with Crippen LogP contribution < -0.4 is 4.74 Å². The summed E-state index contributed by atoms with van der Waals surface area (Å²) in [5.41, 5.74) is 1.66. The molecule has 1 N–H and O–H groups in total. The minimum absolute atomic E-state index is 0.274. The van der Waals surface area contributed by atoms with E-state index < -0.39 is 0 Å². The fourth-order valence-electron chi connectivity index (χ4n) is 1.96. The van der Waals surface area contributed by atoms with Crippen molar-refractivity contribution < 1.29 is 13.5 Å². The van der Waals surface area contributed by atoms with E-state index >= 15 is 0 Å². The Morgan fingerprint density at radius 1 is 0.947 bits per heavy atom. The van der Waals surface area contributed by atoms with Gasteiger partial charge in [0.05, 0.1) is 5.69 Å². The van der Waals surface area contributed by atoms with Crippen LogP contribution in [0.4, 0.5) is 8.78 Å². The summed E-state index contributed by atoms with van der Waals surface area (Å²) >= 11 is 0. The molecule has 3 rings (SSSR count). The van der Waals surface area contributed by atoms with Crippen LogP contribution in [0.2, 0.25) is 0 Å². The molecule has 0 unspecified atom stereocenters. The highest BCUT2D eigenvalue weighted by Gasteiger charge is 2.03. The second kappa shape index (κ2) is 4.72. The molecule has 0 atom stereocenters. The maximum Gasteiger partial charge on any atom is 0.128 e. The molecule has 1 aromatic heterocycles. The van der Waals surface area contributed by atoms with Gasteiger partial charge in [0.15, 0.2) is 0 Å². The lowest BCUT2D eigenvalue weighted by Crippen LogP contribution is -1.95. The van der Waals surface area contributed by atoms with Crippen molar-refractivity contribution in [2.45, 2.75) is 6.61 Å². The Hall–Kier alpha value is -2.36. The van der Waals surface area contributed by atoms with E-state index in [1.807, 2.05) is 6.07 Å². The Balaban J connectivity index is 1.78. The number of benzene rings is 2. The largest absolute Gasteiger partial charge is 0.487 e. The Kier molecular flexibility index (Phi) is 2.91. The van der Waals surface area contributed by atoms with Crippen molar-refractivity contribution in [3.05, 3.63) is 65.9 Å². The van der Waals surface area contributed by atoms with Gasteiger partial charge in [-0.05, 0) is 36.4 Å². The quantitative estimate of drug-likeness (QED) is 0.754. The molecule has 4 heteroatoms. The van der Waals surface area contributed by atoms with Gasteiger partial charge in [-0.2, -0.15) is 0 Å². The molecule has 0 bridgehead atoms. The van der Waals surface area contributed by atoms with E-state index in [-0.39, 0.29) is 18.2 Å². The molecule has 0 aliphatic heterocycles. The van der Waals surface area contributed by atoms with Crippen molar-refractivity contribution in [1.82, 2.24) is 4.98 Å². The van der Waals surface area contributed by atoms with Crippen LogP contribution in [0.25, 0.3) is 10.9 Å². The normalized spacial score (nSPS) is 10.8. The number of H-pyrrole nitrogens is 1. The van der Waals surface area contributed by atoms with Crippen LogP contribution in [0.15, 0.2) is 48.5 Å². The van der Waals surface area contributed by atoms with Crippen molar-refractivity contribution in [3.63, 3.8) is 0 Å². The zero-order chi connectivity index (χ0) is 13.2. The van der Waals surface area contributed by atoms with E-state index in [0.717, 1.165) is 16.6 Å². The van der Waals surface area contributed by atoms with Crippen molar-refractivity contribution >= 4 is 10.9 Å². The number of rotatable bonds is 3. The lowest BCUT2D eigenvalue weighted by Gasteiger charge is -2.04. The molecular formula is C15H11F2NO. The van der Waals surface area contributed by atoms with E-state index in [1.54, 1.807) is 18.2 Å². The van der Waals surface area contributed by atoms with Crippen LogP contribution >= 0.6 is 0 Å². The number of aromatic amines is 1. The van der Waals surface area contributed by atoms with Gasteiger partial charge >= 0.3 is 0 Å². The summed E-state index contributed by atoms with van der Waals surface area (Å²) in [5.74, 6) is -0.148. The van der Waals surface area contributed by atoms with Gasteiger partial charge in [-0.25, -0.2) is 8.78 Å². The number of nitrogens with one attached hydrogen (secondary N) is 1. The summed E-state index contributed by atoms with van der Waals surface area (Å²) in [6.45, 7) is 0.278. The summed E-state index contributed by atoms with van der Waals surface area (Å²) in [4.78, 5) is 3.12. The first kappa shape index (κ1) is 11.7. The van der Waals surface area contributed by atoms with Crippen LogP contribution in [0, 0.1) is 11.6 Å². The molecule has 0 radical (unpaired) electrons. The average Bonchev–Trinajstić information content (AvgIpc) is 2.78. The SMILES string of the molecule is Fc1cccc(OCc2cc3cc(F)ccc3[nH]2)c1. The molecule has 0 saturated carbocycles. The fraction of sp³-hybridized carbons (Fsp3) is 0.0667. The second-order valence-corrected chi connectivity index (χ2v) is 4.27. The molecule has 3 aromatic rings.